The Hall–Kier alpha value is -6.60. The maximum atomic E-state index is 13.2. The van der Waals surface area contributed by atoms with Crippen LogP contribution in [0.15, 0.2) is 66.9 Å². The molecular weight excluding hydrogens is 826 g/mol. The molecule has 332 valence electrons. The van der Waals surface area contributed by atoms with Crippen molar-refractivity contribution in [2.45, 2.75) is 57.2 Å². The number of carbonyl (C=O) groups excluding carboxylic acids is 6. The van der Waals surface area contributed by atoms with Gasteiger partial charge in [0.2, 0.25) is 17.7 Å². The first kappa shape index (κ1) is 44.5. The van der Waals surface area contributed by atoms with E-state index in [1.165, 1.54) is 12.1 Å². The van der Waals surface area contributed by atoms with E-state index in [0.29, 0.717) is 73.9 Å². The number of hydrogen-bond acceptors (Lipinski definition) is 10. The Balaban J connectivity index is 0.727. The molecule has 2 aliphatic rings. The van der Waals surface area contributed by atoms with Gasteiger partial charge in [-0.05, 0) is 73.9 Å². The van der Waals surface area contributed by atoms with E-state index in [9.17, 15) is 41.9 Å². The van der Waals surface area contributed by atoms with Crippen LogP contribution >= 0.6 is 0 Å². The minimum absolute atomic E-state index is 0.0523. The van der Waals surface area contributed by atoms with Crippen LogP contribution in [0, 0.1) is 0 Å². The number of anilines is 1. The number of amides is 6. The number of ether oxygens (including phenoxy) is 2. The number of halogens is 3. The van der Waals surface area contributed by atoms with Gasteiger partial charge in [-0.2, -0.15) is 18.3 Å². The number of piperidine rings is 1. The van der Waals surface area contributed by atoms with Crippen LogP contribution in [-0.4, -0.2) is 107 Å². The summed E-state index contributed by atoms with van der Waals surface area (Å²) >= 11 is 0. The molecular formula is C44H47F3N8O8. The third kappa shape index (κ3) is 10.2. The highest BCUT2D eigenvalue weighted by Crippen LogP contribution is 2.35. The van der Waals surface area contributed by atoms with Crippen LogP contribution in [0.5, 0.6) is 0 Å². The topological polar surface area (TPSA) is 195 Å². The molecule has 0 spiro atoms. The number of hydrogen-bond donors (Lipinski definition) is 4. The Labute approximate surface area is 359 Å². The van der Waals surface area contributed by atoms with Crippen molar-refractivity contribution in [3.63, 3.8) is 0 Å². The molecule has 3 aromatic carbocycles. The molecule has 63 heavy (non-hydrogen) atoms. The van der Waals surface area contributed by atoms with Crippen molar-refractivity contribution in [1.82, 2.24) is 35.2 Å². The van der Waals surface area contributed by atoms with Crippen molar-refractivity contribution >= 4 is 63.1 Å². The molecule has 5 aromatic rings. The Bertz CT molecular complexity index is 2530. The first-order chi connectivity index (χ1) is 30.3. The summed E-state index contributed by atoms with van der Waals surface area (Å²) < 4.78 is 54.0. The third-order valence-corrected chi connectivity index (χ3v) is 10.9. The minimum Gasteiger partial charge on any atom is -0.384 e. The maximum absolute atomic E-state index is 13.2. The van der Waals surface area contributed by atoms with Gasteiger partial charge in [0.1, 0.15) is 6.04 Å². The standard InChI is InChI=1S/C44H47F3N8O8/c1-53-26-32-31-25-27(10-15-34(31)54(39(32)52-53)29-13-11-28(12-14-29)44(45,46)47)40(58)50-20-22-63-24-23-62-21-19-49-36(56)9-4-2-3-5-18-48-33-8-6-7-30-38(33)43(61)55(42(30)60)35-16-17-37(57)51-41(35)59/h6-8,10-15,25-26,35,48H,2-5,9,16-24H2,1H3,(H,49,56)(H,50,58)(H,51,57,59). The van der Waals surface area contributed by atoms with Gasteiger partial charge in [0, 0.05) is 73.4 Å². The predicted octanol–water partition coefficient (Wildman–Crippen LogP) is 4.88. The van der Waals surface area contributed by atoms with Crippen molar-refractivity contribution in [3.05, 3.63) is 89.1 Å². The lowest BCUT2D eigenvalue weighted by atomic mass is 10.0. The Morgan fingerprint density at radius 3 is 2.30 bits per heavy atom. The van der Waals surface area contributed by atoms with Crippen LogP contribution in [0.4, 0.5) is 18.9 Å². The summed E-state index contributed by atoms with van der Waals surface area (Å²) in [7, 11) is 1.75. The van der Waals surface area contributed by atoms with Crippen LogP contribution in [0.2, 0.25) is 0 Å². The first-order valence-corrected chi connectivity index (χ1v) is 20.8. The molecule has 0 bridgehead atoms. The summed E-state index contributed by atoms with van der Waals surface area (Å²) in [6.07, 6.45) is 1.00. The Morgan fingerprint density at radius 2 is 1.57 bits per heavy atom. The molecule has 7 rings (SSSR count). The van der Waals surface area contributed by atoms with Gasteiger partial charge in [-0.25, -0.2) is 0 Å². The SMILES string of the molecule is Cn1cc2c3cc(C(=O)NCCOCCOCCNC(=O)CCCCCCNc4cccc5c4C(=O)N(C4CCC(=O)NC4=O)C5=O)ccc3n(-c3ccc(C(F)(F)F)cc3)c2n1. The summed E-state index contributed by atoms with van der Waals surface area (Å²) in [5.41, 5.74) is 2.38. The van der Waals surface area contributed by atoms with Crippen molar-refractivity contribution in [2.75, 3.05) is 51.4 Å². The number of carbonyl (C=O) groups is 6. The number of nitrogens with one attached hydrogen (secondary N) is 4. The molecule has 1 fully saturated rings. The number of benzene rings is 3. The lowest BCUT2D eigenvalue weighted by molar-refractivity contribution is -0.138. The van der Waals surface area contributed by atoms with Gasteiger partial charge in [0.25, 0.3) is 17.7 Å². The second-order valence-electron chi connectivity index (χ2n) is 15.2. The molecule has 2 aliphatic heterocycles. The van der Waals surface area contributed by atoms with Gasteiger partial charge in [-0.15, -0.1) is 0 Å². The summed E-state index contributed by atoms with van der Waals surface area (Å²) in [5, 5.41) is 17.1. The number of unbranched alkanes of at least 4 members (excludes halogenated alkanes) is 3. The molecule has 1 atom stereocenters. The highest BCUT2D eigenvalue weighted by Gasteiger charge is 2.45. The predicted molar refractivity (Wildman–Crippen MR) is 224 cm³/mol. The number of aromatic nitrogens is 3. The molecule has 1 saturated heterocycles. The zero-order valence-corrected chi connectivity index (χ0v) is 34.5. The lowest BCUT2D eigenvalue weighted by Gasteiger charge is -2.27. The van der Waals surface area contributed by atoms with Crippen LogP contribution < -0.4 is 21.3 Å². The number of rotatable bonds is 20. The molecule has 6 amide bonds. The van der Waals surface area contributed by atoms with E-state index < -0.39 is 41.4 Å². The van der Waals surface area contributed by atoms with E-state index in [0.717, 1.165) is 47.1 Å². The minimum atomic E-state index is -4.45. The molecule has 0 radical (unpaired) electrons. The third-order valence-electron chi connectivity index (χ3n) is 10.9. The van der Waals surface area contributed by atoms with E-state index in [1.54, 1.807) is 58.9 Å². The normalized spacial score (nSPS) is 15.3. The number of alkyl halides is 3. The largest absolute Gasteiger partial charge is 0.416 e. The second kappa shape index (κ2) is 19.6. The lowest BCUT2D eigenvalue weighted by Crippen LogP contribution is -2.54. The number of fused-ring (bicyclic) bond motifs is 4. The van der Waals surface area contributed by atoms with Crippen molar-refractivity contribution in [1.29, 1.82) is 0 Å². The van der Waals surface area contributed by atoms with Crippen molar-refractivity contribution in [3.8, 4) is 5.69 Å². The summed E-state index contributed by atoms with van der Waals surface area (Å²) in [5.74, 6) is -2.58. The maximum Gasteiger partial charge on any atom is 0.416 e. The fourth-order valence-corrected chi connectivity index (χ4v) is 7.76. The zero-order valence-electron chi connectivity index (χ0n) is 34.5. The highest BCUT2D eigenvalue weighted by atomic mass is 19.4. The molecule has 19 heteroatoms. The van der Waals surface area contributed by atoms with E-state index >= 15 is 0 Å². The van der Waals surface area contributed by atoms with E-state index in [2.05, 4.69) is 26.4 Å². The summed E-state index contributed by atoms with van der Waals surface area (Å²) in [6, 6.07) is 13.9. The molecule has 0 saturated carbocycles. The number of nitrogens with zero attached hydrogens (tertiary/aromatic N) is 4. The van der Waals surface area contributed by atoms with Crippen LogP contribution in [0.1, 0.15) is 81.6 Å². The van der Waals surface area contributed by atoms with Gasteiger partial charge in [0.15, 0.2) is 5.65 Å². The Kier molecular flexibility index (Phi) is 13.8. The smallest absolute Gasteiger partial charge is 0.384 e. The monoisotopic (exact) mass is 872 g/mol. The number of aryl methyl sites for hydroxylation is 1. The average Bonchev–Trinajstić information content (AvgIpc) is 3.86. The second-order valence-corrected chi connectivity index (χ2v) is 15.2. The summed E-state index contributed by atoms with van der Waals surface area (Å²) in [6.45, 7) is 2.31. The molecule has 16 nitrogen and oxygen atoms in total. The fourth-order valence-electron chi connectivity index (χ4n) is 7.76. The zero-order chi connectivity index (χ0) is 44.7. The molecule has 2 aromatic heterocycles. The van der Waals surface area contributed by atoms with Gasteiger partial charge in [-0.3, -0.25) is 48.2 Å². The van der Waals surface area contributed by atoms with Gasteiger partial charge < -0.3 is 25.4 Å². The van der Waals surface area contributed by atoms with Crippen LogP contribution in [-0.2, 0) is 37.1 Å². The van der Waals surface area contributed by atoms with E-state index in [1.807, 2.05) is 0 Å². The van der Waals surface area contributed by atoms with Crippen molar-refractivity contribution < 1.29 is 51.4 Å². The molecule has 0 aliphatic carbocycles. The average molecular weight is 873 g/mol. The van der Waals surface area contributed by atoms with Crippen LogP contribution in [0.3, 0.4) is 0 Å². The van der Waals surface area contributed by atoms with Gasteiger partial charge in [0.05, 0.1) is 48.6 Å². The quantitative estimate of drug-likeness (QED) is 0.0619. The van der Waals surface area contributed by atoms with Gasteiger partial charge in [-0.1, -0.05) is 18.9 Å². The van der Waals surface area contributed by atoms with E-state index in [4.69, 9.17) is 9.47 Å². The number of imide groups is 2. The first-order valence-electron chi connectivity index (χ1n) is 20.8. The van der Waals surface area contributed by atoms with E-state index in [-0.39, 0.29) is 48.9 Å². The molecule has 4 N–H and O–H groups in total. The molecule has 1 unspecified atom stereocenters. The van der Waals surface area contributed by atoms with Crippen molar-refractivity contribution in [2.24, 2.45) is 7.05 Å². The fraction of sp³-hybridized carbons (Fsp3) is 0.386. The highest BCUT2D eigenvalue weighted by molar-refractivity contribution is 6.25. The Morgan fingerprint density at radius 1 is 0.841 bits per heavy atom. The summed E-state index contributed by atoms with van der Waals surface area (Å²) in [4.78, 5) is 76.4. The van der Waals surface area contributed by atoms with Gasteiger partial charge >= 0.3 is 6.18 Å². The van der Waals surface area contributed by atoms with Crippen LogP contribution in [0.25, 0.3) is 27.6 Å². The molecule has 4 heterocycles.